The molecule has 1 aromatic carbocycles. The van der Waals surface area contributed by atoms with E-state index in [0.717, 1.165) is 32.7 Å². The van der Waals surface area contributed by atoms with Crippen LogP contribution in [0.2, 0.25) is 0 Å². The first kappa shape index (κ1) is 20.9. The van der Waals surface area contributed by atoms with E-state index in [9.17, 15) is 13.2 Å². The summed E-state index contributed by atoms with van der Waals surface area (Å²) in [6.07, 6.45) is 2.22. The minimum Gasteiger partial charge on any atom is -0.379 e. The molecular formula is C19H30N2O4S. The molecule has 1 unspecified atom stereocenters. The van der Waals surface area contributed by atoms with Crippen LogP contribution >= 0.6 is 0 Å². The Hall–Kier alpha value is -1.44. The normalized spacial score (nSPS) is 17.2. The van der Waals surface area contributed by atoms with Crippen LogP contribution in [-0.4, -0.2) is 64.4 Å². The molecule has 0 radical (unpaired) electrons. The quantitative estimate of drug-likeness (QED) is 0.741. The molecule has 26 heavy (non-hydrogen) atoms. The Bertz CT molecular complexity index is 680. The first-order valence-corrected chi connectivity index (χ1v) is 11.2. The van der Waals surface area contributed by atoms with E-state index >= 15 is 0 Å². The summed E-state index contributed by atoms with van der Waals surface area (Å²) in [5.74, 6) is 0.413. The van der Waals surface area contributed by atoms with E-state index in [-0.39, 0.29) is 11.7 Å². The zero-order valence-electron chi connectivity index (χ0n) is 15.9. The van der Waals surface area contributed by atoms with Gasteiger partial charge in [-0.3, -0.25) is 9.69 Å². The van der Waals surface area contributed by atoms with Crippen molar-refractivity contribution in [2.75, 3.05) is 39.1 Å². The molecule has 1 aromatic rings. The average Bonchev–Trinajstić information content (AvgIpc) is 2.58. The van der Waals surface area contributed by atoms with Crippen LogP contribution in [0.5, 0.6) is 0 Å². The molecular weight excluding hydrogens is 352 g/mol. The van der Waals surface area contributed by atoms with Crippen molar-refractivity contribution in [3.8, 4) is 0 Å². The SMILES string of the molecule is CC(C)CC(CNC(=O)c1ccc(CS(C)(=O)=O)cc1)N1CCOCC1. The lowest BCUT2D eigenvalue weighted by Crippen LogP contribution is -2.49. The van der Waals surface area contributed by atoms with E-state index in [1.54, 1.807) is 24.3 Å². The van der Waals surface area contributed by atoms with Gasteiger partial charge in [0.15, 0.2) is 9.84 Å². The predicted molar refractivity (Wildman–Crippen MR) is 103 cm³/mol. The number of hydrogen-bond donors (Lipinski definition) is 1. The van der Waals surface area contributed by atoms with Crippen molar-refractivity contribution in [2.45, 2.75) is 32.1 Å². The average molecular weight is 383 g/mol. The highest BCUT2D eigenvalue weighted by molar-refractivity contribution is 7.89. The van der Waals surface area contributed by atoms with Gasteiger partial charge in [-0.25, -0.2) is 8.42 Å². The second-order valence-corrected chi connectivity index (χ2v) is 9.55. The van der Waals surface area contributed by atoms with Crippen molar-refractivity contribution in [2.24, 2.45) is 5.92 Å². The maximum atomic E-state index is 12.4. The highest BCUT2D eigenvalue weighted by Crippen LogP contribution is 2.14. The van der Waals surface area contributed by atoms with Crippen LogP contribution in [0.3, 0.4) is 0 Å². The van der Waals surface area contributed by atoms with Gasteiger partial charge in [0, 0.05) is 37.5 Å². The second kappa shape index (κ2) is 9.48. The molecule has 6 nitrogen and oxygen atoms in total. The number of carbonyl (C=O) groups excluding carboxylic acids is 1. The third-order valence-corrected chi connectivity index (χ3v) is 5.31. The fraction of sp³-hybridized carbons (Fsp3) is 0.632. The Morgan fingerprint density at radius 1 is 1.19 bits per heavy atom. The highest BCUT2D eigenvalue weighted by atomic mass is 32.2. The Kier molecular flexibility index (Phi) is 7.61. The maximum Gasteiger partial charge on any atom is 0.251 e. The largest absolute Gasteiger partial charge is 0.379 e. The Morgan fingerprint density at radius 2 is 1.81 bits per heavy atom. The maximum absolute atomic E-state index is 12.4. The number of sulfone groups is 1. The third-order valence-electron chi connectivity index (χ3n) is 4.45. The molecule has 1 aliphatic heterocycles. The van der Waals surface area contributed by atoms with Crippen molar-refractivity contribution in [3.63, 3.8) is 0 Å². The Labute approximate surface area is 156 Å². The summed E-state index contributed by atoms with van der Waals surface area (Å²) >= 11 is 0. The van der Waals surface area contributed by atoms with Crippen LogP contribution in [0.25, 0.3) is 0 Å². The number of nitrogens with zero attached hydrogens (tertiary/aromatic N) is 1. The van der Waals surface area contributed by atoms with Crippen LogP contribution in [0, 0.1) is 5.92 Å². The molecule has 1 saturated heterocycles. The minimum absolute atomic E-state index is 0.0115. The number of carbonyl (C=O) groups is 1. The monoisotopic (exact) mass is 382 g/mol. The molecule has 0 aliphatic carbocycles. The lowest BCUT2D eigenvalue weighted by Gasteiger charge is -2.35. The van der Waals surface area contributed by atoms with Gasteiger partial charge in [0.05, 0.1) is 19.0 Å². The summed E-state index contributed by atoms with van der Waals surface area (Å²) in [6, 6.07) is 7.06. The van der Waals surface area contributed by atoms with Crippen LogP contribution in [0.4, 0.5) is 0 Å². The molecule has 1 N–H and O–H groups in total. The fourth-order valence-corrected chi connectivity index (χ4v) is 4.01. The summed E-state index contributed by atoms with van der Waals surface area (Å²) < 4.78 is 28.1. The number of benzene rings is 1. The van der Waals surface area contributed by atoms with Gasteiger partial charge in [-0.05, 0) is 30.0 Å². The molecule has 1 amide bonds. The number of rotatable bonds is 8. The van der Waals surface area contributed by atoms with Gasteiger partial charge in [-0.1, -0.05) is 26.0 Å². The first-order valence-electron chi connectivity index (χ1n) is 9.11. The second-order valence-electron chi connectivity index (χ2n) is 7.41. The topological polar surface area (TPSA) is 75.7 Å². The predicted octanol–water partition coefficient (Wildman–Crippen LogP) is 1.71. The van der Waals surface area contributed by atoms with Gasteiger partial charge in [-0.15, -0.1) is 0 Å². The Morgan fingerprint density at radius 3 is 2.35 bits per heavy atom. The zero-order valence-corrected chi connectivity index (χ0v) is 16.7. The first-order chi connectivity index (χ1) is 12.2. The van der Waals surface area contributed by atoms with Gasteiger partial charge in [-0.2, -0.15) is 0 Å². The number of ether oxygens (including phenoxy) is 1. The van der Waals surface area contributed by atoms with Crippen molar-refractivity contribution in [3.05, 3.63) is 35.4 Å². The number of nitrogens with one attached hydrogen (secondary N) is 1. The molecule has 1 heterocycles. The van der Waals surface area contributed by atoms with Gasteiger partial charge < -0.3 is 10.1 Å². The summed E-state index contributed by atoms with van der Waals surface area (Å²) in [6.45, 7) is 8.25. The number of hydrogen-bond acceptors (Lipinski definition) is 5. The molecule has 1 aliphatic rings. The molecule has 0 saturated carbocycles. The van der Waals surface area contributed by atoms with Crippen molar-refractivity contribution in [1.29, 1.82) is 0 Å². The third kappa shape index (κ3) is 7.05. The summed E-state index contributed by atoms with van der Waals surface area (Å²) in [5, 5.41) is 3.03. The smallest absolute Gasteiger partial charge is 0.251 e. The standard InChI is InChI=1S/C19H30N2O4S/c1-15(2)12-18(21-8-10-25-11-9-21)13-20-19(22)17-6-4-16(5-7-17)14-26(3,23)24/h4-7,15,18H,8-14H2,1-3H3,(H,20,22). The molecule has 0 spiro atoms. The van der Waals surface area contributed by atoms with Crippen LogP contribution in [0.15, 0.2) is 24.3 Å². The van der Waals surface area contributed by atoms with Gasteiger partial charge >= 0.3 is 0 Å². The molecule has 1 atom stereocenters. The number of morpholine rings is 1. The molecule has 1 fully saturated rings. The summed E-state index contributed by atoms with van der Waals surface area (Å²) in [4.78, 5) is 14.8. The van der Waals surface area contributed by atoms with Crippen molar-refractivity contribution in [1.82, 2.24) is 10.2 Å². The van der Waals surface area contributed by atoms with E-state index in [4.69, 9.17) is 4.74 Å². The van der Waals surface area contributed by atoms with Crippen LogP contribution in [-0.2, 0) is 20.3 Å². The van der Waals surface area contributed by atoms with E-state index in [1.165, 1.54) is 6.26 Å². The minimum atomic E-state index is -3.07. The van der Waals surface area contributed by atoms with Crippen LogP contribution < -0.4 is 5.32 Å². The van der Waals surface area contributed by atoms with E-state index in [2.05, 4.69) is 24.1 Å². The van der Waals surface area contributed by atoms with E-state index in [1.807, 2.05) is 0 Å². The highest BCUT2D eigenvalue weighted by Gasteiger charge is 2.22. The van der Waals surface area contributed by atoms with Gasteiger partial charge in [0.1, 0.15) is 0 Å². The molecule has 7 heteroatoms. The zero-order chi connectivity index (χ0) is 19.2. The molecule has 146 valence electrons. The van der Waals surface area contributed by atoms with Gasteiger partial charge in [0.2, 0.25) is 0 Å². The van der Waals surface area contributed by atoms with Gasteiger partial charge in [0.25, 0.3) is 5.91 Å². The lowest BCUT2D eigenvalue weighted by molar-refractivity contribution is 0.0124. The molecule has 0 aromatic heterocycles. The van der Waals surface area contributed by atoms with Crippen LogP contribution in [0.1, 0.15) is 36.2 Å². The molecule has 0 bridgehead atoms. The van der Waals surface area contributed by atoms with E-state index < -0.39 is 9.84 Å². The summed E-state index contributed by atoms with van der Waals surface area (Å²) in [7, 11) is -3.07. The van der Waals surface area contributed by atoms with Crippen molar-refractivity contribution >= 4 is 15.7 Å². The fourth-order valence-electron chi connectivity index (χ4n) is 3.22. The lowest BCUT2D eigenvalue weighted by atomic mass is 10.0. The summed E-state index contributed by atoms with van der Waals surface area (Å²) in [5.41, 5.74) is 1.24. The molecule has 2 rings (SSSR count). The van der Waals surface area contributed by atoms with E-state index in [0.29, 0.717) is 29.6 Å². The number of amides is 1. The Balaban J connectivity index is 1.94. The van der Waals surface area contributed by atoms with Crippen molar-refractivity contribution < 1.29 is 17.9 Å².